The molecule has 4 rings (SSSR count). The Morgan fingerprint density at radius 1 is 1.19 bits per heavy atom. The molecule has 1 atom stereocenters. The molecule has 0 saturated carbocycles. The maximum atomic E-state index is 4.37. The summed E-state index contributed by atoms with van der Waals surface area (Å²) >= 11 is 0. The lowest BCUT2D eigenvalue weighted by atomic mass is 9.99. The maximum Gasteiger partial charge on any atom is 0.131 e. The summed E-state index contributed by atoms with van der Waals surface area (Å²) in [7, 11) is 0. The first kappa shape index (κ1) is 17.9. The van der Waals surface area contributed by atoms with Crippen molar-refractivity contribution in [3.05, 3.63) is 47.5 Å². The van der Waals surface area contributed by atoms with Gasteiger partial charge in [-0.05, 0) is 57.7 Å². The van der Waals surface area contributed by atoms with Crippen LogP contribution in [0, 0.1) is 13.8 Å². The Labute approximate surface area is 159 Å². The molecule has 7 nitrogen and oxygen atoms in total. The van der Waals surface area contributed by atoms with E-state index < -0.39 is 0 Å². The van der Waals surface area contributed by atoms with Crippen LogP contribution in [0.4, 0.5) is 0 Å². The molecule has 0 amide bonds. The van der Waals surface area contributed by atoms with Gasteiger partial charge in [-0.15, -0.1) is 5.10 Å². The third-order valence-electron chi connectivity index (χ3n) is 5.71. The second kappa shape index (κ2) is 7.60. The molecule has 0 bridgehead atoms. The fraction of sp³-hybridized carbons (Fsp3) is 0.500. The van der Waals surface area contributed by atoms with Crippen LogP contribution in [0.1, 0.15) is 42.8 Å². The van der Waals surface area contributed by atoms with Gasteiger partial charge in [0, 0.05) is 31.0 Å². The number of nitrogens with one attached hydrogen (secondary N) is 1. The lowest BCUT2D eigenvalue weighted by molar-refractivity contribution is 0.137. The van der Waals surface area contributed by atoms with Crippen molar-refractivity contribution in [1.82, 2.24) is 35.1 Å². The fourth-order valence-corrected chi connectivity index (χ4v) is 3.98. The minimum atomic E-state index is 0.413. The van der Waals surface area contributed by atoms with E-state index in [2.05, 4.69) is 51.2 Å². The standard InChI is InChI=1S/C20H27N7/c1-14(12-18-15(2)22-23-16(18)3)26-10-7-17(8-11-26)27-13-20(24-25-27)19-6-4-5-9-21-19/h4-6,9,13-14,17H,7-8,10-12H2,1-3H3,(H,22,23)/t14-/m0/s1. The number of H-pyrrole nitrogens is 1. The molecule has 1 fully saturated rings. The molecular formula is C20H27N7. The van der Waals surface area contributed by atoms with Crippen molar-refractivity contribution in [2.24, 2.45) is 0 Å². The lowest BCUT2D eigenvalue weighted by Crippen LogP contribution is -2.41. The van der Waals surface area contributed by atoms with Gasteiger partial charge in [-0.2, -0.15) is 5.10 Å². The Hall–Kier alpha value is -2.54. The van der Waals surface area contributed by atoms with E-state index in [-0.39, 0.29) is 0 Å². The zero-order chi connectivity index (χ0) is 18.8. The SMILES string of the molecule is Cc1n[nH]c(C)c1C[C@H](C)N1CCC(n2cc(-c3ccccn3)nn2)CC1. The van der Waals surface area contributed by atoms with Gasteiger partial charge in [0.15, 0.2) is 0 Å². The molecule has 1 N–H and O–H groups in total. The highest BCUT2D eigenvalue weighted by atomic mass is 15.4. The van der Waals surface area contributed by atoms with Gasteiger partial charge in [-0.3, -0.25) is 10.1 Å². The number of rotatable bonds is 5. The Morgan fingerprint density at radius 3 is 2.67 bits per heavy atom. The molecule has 3 aromatic rings. The highest BCUT2D eigenvalue weighted by molar-refractivity contribution is 5.51. The molecular weight excluding hydrogens is 338 g/mol. The number of hydrogen-bond donors (Lipinski definition) is 1. The van der Waals surface area contributed by atoms with E-state index in [0.29, 0.717) is 12.1 Å². The van der Waals surface area contributed by atoms with Crippen molar-refractivity contribution < 1.29 is 0 Å². The summed E-state index contributed by atoms with van der Waals surface area (Å²) in [4.78, 5) is 6.94. The summed E-state index contributed by atoms with van der Waals surface area (Å²) in [5.41, 5.74) is 5.40. The minimum absolute atomic E-state index is 0.413. The van der Waals surface area contributed by atoms with E-state index in [9.17, 15) is 0 Å². The lowest BCUT2D eigenvalue weighted by Gasteiger charge is -2.36. The first-order valence-corrected chi connectivity index (χ1v) is 9.69. The van der Waals surface area contributed by atoms with Crippen LogP contribution in [0.2, 0.25) is 0 Å². The molecule has 0 aliphatic carbocycles. The third kappa shape index (κ3) is 3.78. The molecule has 0 spiro atoms. The van der Waals surface area contributed by atoms with Crippen LogP contribution in [-0.2, 0) is 6.42 Å². The second-order valence-electron chi connectivity index (χ2n) is 7.53. The first-order chi connectivity index (χ1) is 13.1. The molecule has 27 heavy (non-hydrogen) atoms. The van der Waals surface area contributed by atoms with Crippen molar-refractivity contribution in [2.45, 2.75) is 52.1 Å². The van der Waals surface area contributed by atoms with Crippen molar-refractivity contribution in [3.63, 3.8) is 0 Å². The quantitative estimate of drug-likeness (QED) is 0.752. The average molecular weight is 365 g/mol. The maximum absolute atomic E-state index is 4.37. The minimum Gasteiger partial charge on any atom is -0.300 e. The molecule has 142 valence electrons. The Morgan fingerprint density at radius 2 is 2.00 bits per heavy atom. The number of nitrogens with zero attached hydrogens (tertiary/aromatic N) is 6. The molecule has 7 heteroatoms. The highest BCUT2D eigenvalue weighted by Gasteiger charge is 2.25. The Balaban J connectivity index is 1.36. The van der Waals surface area contributed by atoms with Gasteiger partial charge in [0.1, 0.15) is 5.69 Å². The normalized spacial score (nSPS) is 17.3. The third-order valence-corrected chi connectivity index (χ3v) is 5.71. The van der Waals surface area contributed by atoms with Crippen molar-refractivity contribution >= 4 is 0 Å². The van der Waals surface area contributed by atoms with Gasteiger partial charge in [0.05, 0.1) is 23.6 Å². The molecule has 1 saturated heterocycles. The topological polar surface area (TPSA) is 75.5 Å². The largest absolute Gasteiger partial charge is 0.300 e. The second-order valence-corrected chi connectivity index (χ2v) is 7.53. The zero-order valence-corrected chi connectivity index (χ0v) is 16.3. The molecule has 1 aliphatic rings. The van der Waals surface area contributed by atoms with Crippen LogP contribution in [0.5, 0.6) is 0 Å². The van der Waals surface area contributed by atoms with Crippen LogP contribution < -0.4 is 0 Å². The molecule has 4 heterocycles. The van der Waals surface area contributed by atoms with Crippen molar-refractivity contribution in [3.8, 4) is 11.4 Å². The van der Waals surface area contributed by atoms with Gasteiger partial charge in [0.25, 0.3) is 0 Å². The van der Waals surface area contributed by atoms with Gasteiger partial charge in [0.2, 0.25) is 0 Å². The number of piperidine rings is 1. The molecule has 1 aliphatic heterocycles. The summed E-state index contributed by atoms with van der Waals surface area (Å²) in [5.74, 6) is 0. The van der Waals surface area contributed by atoms with Gasteiger partial charge in [-0.1, -0.05) is 11.3 Å². The van der Waals surface area contributed by atoms with Crippen molar-refractivity contribution in [2.75, 3.05) is 13.1 Å². The molecule has 3 aromatic heterocycles. The average Bonchev–Trinajstić information content (AvgIpc) is 3.31. The monoisotopic (exact) mass is 365 g/mol. The highest BCUT2D eigenvalue weighted by Crippen LogP contribution is 2.26. The van der Waals surface area contributed by atoms with Crippen LogP contribution in [0.15, 0.2) is 30.6 Å². The molecule has 0 aromatic carbocycles. The summed E-state index contributed by atoms with van der Waals surface area (Å²) in [6.45, 7) is 8.68. The Bertz CT molecular complexity index is 855. The van der Waals surface area contributed by atoms with Crippen molar-refractivity contribution in [1.29, 1.82) is 0 Å². The van der Waals surface area contributed by atoms with E-state index in [1.807, 2.05) is 29.1 Å². The number of likely N-dealkylation sites (tertiary alicyclic amines) is 1. The van der Waals surface area contributed by atoms with Crippen LogP contribution in [-0.4, -0.2) is 54.2 Å². The first-order valence-electron chi connectivity index (χ1n) is 9.69. The van der Waals surface area contributed by atoms with E-state index in [1.165, 1.54) is 11.3 Å². The Kier molecular flexibility index (Phi) is 5.03. The van der Waals surface area contributed by atoms with Crippen LogP contribution in [0.3, 0.4) is 0 Å². The summed E-state index contributed by atoms with van der Waals surface area (Å²) in [5, 5.41) is 16.1. The number of pyridine rings is 1. The van der Waals surface area contributed by atoms with E-state index in [0.717, 1.165) is 49.4 Å². The van der Waals surface area contributed by atoms with Gasteiger partial charge in [-0.25, -0.2) is 4.68 Å². The number of aromatic amines is 1. The summed E-state index contributed by atoms with van der Waals surface area (Å²) in [6.07, 6.45) is 7.06. The van der Waals surface area contributed by atoms with E-state index in [1.54, 1.807) is 6.20 Å². The zero-order valence-electron chi connectivity index (χ0n) is 16.3. The van der Waals surface area contributed by atoms with E-state index in [4.69, 9.17) is 0 Å². The smallest absolute Gasteiger partial charge is 0.131 e. The van der Waals surface area contributed by atoms with Crippen LogP contribution >= 0.6 is 0 Å². The molecule has 0 unspecified atom stereocenters. The predicted octanol–water partition coefficient (Wildman–Crippen LogP) is 2.95. The summed E-state index contributed by atoms with van der Waals surface area (Å²) in [6, 6.07) is 6.79. The number of hydrogen-bond acceptors (Lipinski definition) is 5. The molecule has 0 radical (unpaired) electrons. The number of aromatic nitrogens is 6. The van der Waals surface area contributed by atoms with Gasteiger partial charge < -0.3 is 4.90 Å². The predicted molar refractivity (Wildman–Crippen MR) is 104 cm³/mol. The van der Waals surface area contributed by atoms with Crippen LogP contribution in [0.25, 0.3) is 11.4 Å². The fourth-order valence-electron chi connectivity index (χ4n) is 3.98. The number of aryl methyl sites for hydroxylation is 2. The van der Waals surface area contributed by atoms with E-state index >= 15 is 0 Å². The summed E-state index contributed by atoms with van der Waals surface area (Å²) < 4.78 is 2.02. The van der Waals surface area contributed by atoms with Gasteiger partial charge >= 0.3 is 0 Å².